The molecule has 206 valence electrons. The fraction of sp³-hybridized carbons (Fsp3) is 1.00. The van der Waals surface area contributed by atoms with Crippen molar-refractivity contribution < 1.29 is 14.2 Å². The van der Waals surface area contributed by atoms with Crippen molar-refractivity contribution in [2.75, 3.05) is 32.3 Å². The second kappa shape index (κ2) is 27.8. The maximum absolute atomic E-state index is 6.06. The maximum atomic E-state index is 6.06. The highest BCUT2D eigenvalue weighted by molar-refractivity contribution is 6.17. The van der Waals surface area contributed by atoms with E-state index < -0.39 is 0 Å². The lowest BCUT2D eigenvalue weighted by Gasteiger charge is -2.28. The third-order valence-corrected chi connectivity index (χ3v) is 7.12. The van der Waals surface area contributed by atoms with Crippen molar-refractivity contribution in [2.24, 2.45) is 11.8 Å². The zero-order valence-electron chi connectivity index (χ0n) is 23.6. The second-order valence-electron chi connectivity index (χ2n) is 10.1. The molecule has 2 atom stereocenters. The lowest BCUT2D eigenvalue weighted by atomic mass is 9.88. The fourth-order valence-electron chi connectivity index (χ4n) is 4.88. The molecule has 3 nitrogen and oxygen atoms in total. The minimum absolute atomic E-state index is 0.0573. The molecule has 0 aliphatic rings. The Labute approximate surface area is 219 Å². The molecule has 0 aromatic rings. The monoisotopic (exact) mass is 504 g/mol. The normalized spacial score (nSPS) is 13.6. The van der Waals surface area contributed by atoms with Crippen molar-refractivity contribution in [3.63, 3.8) is 0 Å². The van der Waals surface area contributed by atoms with Crippen LogP contribution < -0.4 is 0 Å². The number of rotatable bonds is 28. The van der Waals surface area contributed by atoms with Crippen LogP contribution in [0.5, 0.6) is 0 Å². The molecule has 2 unspecified atom stereocenters. The van der Waals surface area contributed by atoms with Crippen LogP contribution in [0.1, 0.15) is 143 Å². The van der Waals surface area contributed by atoms with Crippen LogP contribution in [0.4, 0.5) is 0 Å². The predicted molar refractivity (Wildman–Crippen MR) is 150 cm³/mol. The van der Waals surface area contributed by atoms with Gasteiger partial charge in [-0.2, -0.15) is 0 Å². The van der Waals surface area contributed by atoms with Crippen LogP contribution in [-0.4, -0.2) is 38.6 Å². The SMILES string of the molecule is CCCCCCCCCC(CCC(CCCCCCCCC)C(OCC)OCC)COCCCl. The molecule has 0 aromatic heterocycles. The predicted octanol–water partition coefficient (Wildman–Crippen LogP) is 9.93. The number of hydrogen-bond donors (Lipinski definition) is 0. The summed E-state index contributed by atoms with van der Waals surface area (Å²) in [5.74, 6) is 1.70. The summed E-state index contributed by atoms with van der Waals surface area (Å²) in [5, 5.41) is 0. The average Bonchev–Trinajstić information content (AvgIpc) is 2.84. The van der Waals surface area contributed by atoms with Crippen molar-refractivity contribution in [1.29, 1.82) is 0 Å². The topological polar surface area (TPSA) is 27.7 Å². The van der Waals surface area contributed by atoms with E-state index in [2.05, 4.69) is 27.7 Å². The molecule has 0 rings (SSSR count). The molecule has 0 spiro atoms. The fourth-order valence-corrected chi connectivity index (χ4v) is 4.99. The van der Waals surface area contributed by atoms with Gasteiger partial charge in [-0.05, 0) is 45.4 Å². The van der Waals surface area contributed by atoms with Gasteiger partial charge < -0.3 is 14.2 Å². The number of ether oxygens (including phenoxy) is 3. The largest absolute Gasteiger partial charge is 0.380 e. The molecular formula is C30H61ClO3. The minimum Gasteiger partial charge on any atom is -0.380 e. The summed E-state index contributed by atoms with van der Waals surface area (Å²) in [7, 11) is 0. The van der Waals surface area contributed by atoms with Gasteiger partial charge in [0, 0.05) is 31.6 Å². The molecule has 0 aliphatic carbocycles. The van der Waals surface area contributed by atoms with Gasteiger partial charge in [0.2, 0.25) is 0 Å². The van der Waals surface area contributed by atoms with Gasteiger partial charge in [0.15, 0.2) is 6.29 Å². The quantitative estimate of drug-likeness (QED) is 0.0602. The Kier molecular flexibility index (Phi) is 27.9. The van der Waals surface area contributed by atoms with Gasteiger partial charge in [-0.15, -0.1) is 11.6 Å². The van der Waals surface area contributed by atoms with E-state index in [0.29, 0.717) is 24.3 Å². The van der Waals surface area contributed by atoms with Gasteiger partial charge in [0.1, 0.15) is 0 Å². The standard InChI is InChI=1S/C30H61ClO3/c1-5-9-11-13-15-17-19-21-28(27-32-26-25-31)23-24-29(30(33-7-3)34-8-4)22-20-18-16-14-12-10-6-2/h28-30H,5-27H2,1-4H3. The Morgan fingerprint density at radius 3 is 1.56 bits per heavy atom. The third-order valence-electron chi connectivity index (χ3n) is 6.96. The highest BCUT2D eigenvalue weighted by atomic mass is 35.5. The third kappa shape index (κ3) is 21.5. The van der Waals surface area contributed by atoms with Gasteiger partial charge in [0.25, 0.3) is 0 Å². The van der Waals surface area contributed by atoms with E-state index in [1.807, 2.05) is 0 Å². The van der Waals surface area contributed by atoms with Crippen molar-refractivity contribution >= 4 is 11.6 Å². The Balaban J connectivity index is 4.63. The van der Waals surface area contributed by atoms with E-state index in [-0.39, 0.29) is 6.29 Å². The summed E-state index contributed by atoms with van der Waals surface area (Å²) < 4.78 is 18.0. The Hall–Kier alpha value is 0.170. The summed E-state index contributed by atoms with van der Waals surface area (Å²) in [5.41, 5.74) is 0. The van der Waals surface area contributed by atoms with E-state index in [4.69, 9.17) is 25.8 Å². The van der Waals surface area contributed by atoms with E-state index >= 15 is 0 Å². The molecule has 0 aliphatic heterocycles. The molecule has 0 saturated heterocycles. The van der Waals surface area contributed by atoms with Crippen molar-refractivity contribution in [3.8, 4) is 0 Å². The lowest BCUT2D eigenvalue weighted by molar-refractivity contribution is -0.170. The zero-order chi connectivity index (χ0) is 25.1. The van der Waals surface area contributed by atoms with Gasteiger partial charge in [-0.25, -0.2) is 0 Å². The number of halogens is 1. The molecule has 0 heterocycles. The van der Waals surface area contributed by atoms with Gasteiger partial charge in [0.05, 0.1) is 6.61 Å². The Morgan fingerprint density at radius 2 is 1.06 bits per heavy atom. The molecule has 0 radical (unpaired) electrons. The summed E-state index contributed by atoms with van der Waals surface area (Å²) >= 11 is 5.86. The van der Waals surface area contributed by atoms with E-state index in [1.54, 1.807) is 0 Å². The van der Waals surface area contributed by atoms with Crippen LogP contribution in [0.2, 0.25) is 0 Å². The lowest BCUT2D eigenvalue weighted by Crippen LogP contribution is -2.28. The van der Waals surface area contributed by atoms with Crippen LogP contribution in [-0.2, 0) is 14.2 Å². The van der Waals surface area contributed by atoms with Crippen LogP contribution in [0, 0.1) is 11.8 Å². The molecule has 0 bridgehead atoms. The summed E-state index contributed by atoms with van der Waals surface area (Å²) in [4.78, 5) is 0. The first-order valence-electron chi connectivity index (χ1n) is 15.1. The number of hydrogen-bond acceptors (Lipinski definition) is 3. The van der Waals surface area contributed by atoms with Crippen molar-refractivity contribution in [3.05, 3.63) is 0 Å². The van der Waals surface area contributed by atoms with E-state index in [9.17, 15) is 0 Å². The van der Waals surface area contributed by atoms with Crippen LogP contribution in [0.15, 0.2) is 0 Å². The Morgan fingerprint density at radius 1 is 0.559 bits per heavy atom. The second-order valence-corrected chi connectivity index (χ2v) is 10.4. The van der Waals surface area contributed by atoms with E-state index in [0.717, 1.165) is 19.8 Å². The van der Waals surface area contributed by atoms with Crippen molar-refractivity contribution in [1.82, 2.24) is 0 Å². The van der Waals surface area contributed by atoms with Gasteiger partial charge in [-0.3, -0.25) is 0 Å². The first-order valence-corrected chi connectivity index (χ1v) is 15.6. The smallest absolute Gasteiger partial charge is 0.160 e. The molecule has 0 saturated carbocycles. The average molecular weight is 505 g/mol. The first-order chi connectivity index (χ1) is 16.7. The number of unbranched alkanes of at least 4 members (excludes halogenated alkanes) is 12. The highest BCUT2D eigenvalue weighted by Gasteiger charge is 2.23. The molecule has 4 heteroatoms. The highest BCUT2D eigenvalue weighted by Crippen LogP contribution is 2.27. The van der Waals surface area contributed by atoms with Gasteiger partial charge >= 0.3 is 0 Å². The van der Waals surface area contributed by atoms with E-state index in [1.165, 1.54) is 116 Å². The summed E-state index contributed by atoms with van der Waals surface area (Å²) in [6, 6.07) is 0. The minimum atomic E-state index is -0.0573. The van der Waals surface area contributed by atoms with Gasteiger partial charge in [-0.1, -0.05) is 104 Å². The molecule has 0 fully saturated rings. The zero-order valence-corrected chi connectivity index (χ0v) is 24.4. The summed E-state index contributed by atoms with van der Waals surface area (Å²) in [6.45, 7) is 11.7. The molecule has 0 amide bonds. The molecule has 0 N–H and O–H groups in total. The van der Waals surface area contributed by atoms with Crippen LogP contribution in [0.25, 0.3) is 0 Å². The summed E-state index contributed by atoms with van der Waals surface area (Å²) in [6.07, 6.45) is 23.8. The molecular weight excluding hydrogens is 444 g/mol. The molecule has 0 aromatic carbocycles. The van der Waals surface area contributed by atoms with Crippen LogP contribution in [0.3, 0.4) is 0 Å². The van der Waals surface area contributed by atoms with Crippen molar-refractivity contribution in [2.45, 2.75) is 150 Å². The van der Waals surface area contributed by atoms with Crippen LogP contribution >= 0.6 is 11.6 Å². The number of alkyl halides is 1. The first kappa shape index (κ1) is 34.2. The molecule has 34 heavy (non-hydrogen) atoms. The Bertz CT molecular complexity index is 374. The maximum Gasteiger partial charge on any atom is 0.160 e.